The monoisotopic (exact) mass is 369 g/mol. The van der Waals surface area contributed by atoms with E-state index in [9.17, 15) is 9.59 Å². The van der Waals surface area contributed by atoms with Gasteiger partial charge in [0.25, 0.3) is 0 Å². The highest BCUT2D eigenvalue weighted by Crippen LogP contribution is 2.19. The fourth-order valence-electron chi connectivity index (χ4n) is 1.71. The molecule has 1 heterocycles. The lowest BCUT2D eigenvalue weighted by Crippen LogP contribution is -2.26. The van der Waals surface area contributed by atoms with Crippen molar-refractivity contribution in [1.29, 1.82) is 0 Å². The van der Waals surface area contributed by atoms with E-state index < -0.39 is 18.0 Å². The van der Waals surface area contributed by atoms with Crippen LogP contribution in [0.3, 0.4) is 0 Å². The summed E-state index contributed by atoms with van der Waals surface area (Å²) in [5, 5.41) is 2.38. The Morgan fingerprint density at radius 2 is 2.12 bits per heavy atom. The van der Waals surface area contributed by atoms with Crippen LogP contribution in [0.4, 0.5) is 0 Å². The lowest BCUT2D eigenvalue weighted by molar-refractivity contribution is -0.152. The number of rotatable bonds is 7. The number of carbonyl (C=O) groups is 2. The molecule has 1 unspecified atom stereocenters. The van der Waals surface area contributed by atoms with Crippen molar-refractivity contribution >= 4 is 34.9 Å². The molecule has 6 nitrogen and oxygen atoms in total. The number of aromatic nitrogens is 1. The van der Waals surface area contributed by atoms with Gasteiger partial charge in [0.05, 0.1) is 12.3 Å². The highest BCUT2D eigenvalue weighted by atomic mass is 35.5. The van der Waals surface area contributed by atoms with Crippen molar-refractivity contribution in [2.45, 2.75) is 26.6 Å². The molecule has 2 aromatic rings. The van der Waals surface area contributed by atoms with Crippen molar-refractivity contribution in [2.24, 2.45) is 0 Å². The molecule has 128 valence electrons. The minimum absolute atomic E-state index is 0.0437. The summed E-state index contributed by atoms with van der Waals surface area (Å²) in [6.07, 6.45) is -0.799. The van der Waals surface area contributed by atoms with Gasteiger partial charge < -0.3 is 14.2 Å². The number of hydrogen-bond donors (Lipinski definition) is 0. The molecule has 0 aliphatic rings. The van der Waals surface area contributed by atoms with E-state index in [1.54, 1.807) is 43.5 Å². The molecule has 1 aromatic heterocycles. The molecule has 8 heteroatoms. The fraction of sp³-hybridized carbons (Fsp3) is 0.312. The van der Waals surface area contributed by atoms with Crippen LogP contribution in [-0.2, 0) is 20.9 Å². The van der Waals surface area contributed by atoms with Crippen LogP contribution in [-0.4, -0.2) is 29.6 Å². The maximum Gasteiger partial charge on any atom is 0.367 e. The maximum absolute atomic E-state index is 12.0. The summed E-state index contributed by atoms with van der Waals surface area (Å²) in [5.74, 6) is -0.552. The average Bonchev–Trinajstić information content (AvgIpc) is 3.02. The van der Waals surface area contributed by atoms with Crippen LogP contribution < -0.4 is 4.74 Å². The number of esters is 2. The predicted octanol–water partition coefficient (Wildman–Crippen LogP) is 3.48. The summed E-state index contributed by atoms with van der Waals surface area (Å²) < 4.78 is 15.5. The highest BCUT2D eigenvalue weighted by molar-refractivity contribution is 7.11. The first-order chi connectivity index (χ1) is 11.5. The van der Waals surface area contributed by atoms with Gasteiger partial charge in [0.1, 0.15) is 12.4 Å². The van der Waals surface area contributed by atoms with E-state index in [2.05, 4.69) is 4.98 Å². The van der Waals surface area contributed by atoms with Gasteiger partial charge in [0.15, 0.2) is 6.10 Å². The van der Waals surface area contributed by atoms with Crippen LogP contribution in [0.2, 0.25) is 5.02 Å². The van der Waals surface area contributed by atoms with Gasteiger partial charge in [-0.15, -0.1) is 11.3 Å². The van der Waals surface area contributed by atoms with Gasteiger partial charge in [-0.1, -0.05) is 17.7 Å². The van der Waals surface area contributed by atoms with E-state index in [4.69, 9.17) is 25.8 Å². The molecule has 0 bridgehead atoms. The van der Waals surface area contributed by atoms with Gasteiger partial charge in [0, 0.05) is 10.4 Å². The first kappa shape index (κ1) is 18.2. The number of nitrogens with zero attached hydrogens (tertiary/aromatic N) is 1. The van der Waals surface area contributed by atoms with E-state index in [1.165, 1.54) is 0 Å². The van der Waals surface area contributed by atoms with Crippen LogP contribution in [0.15, 0.2) is 29.6 Å². The Labute approximate surface area is 148 Å². The van der Waals surface area contributed by atoms with Crippen LogP contribution >= 0.6 is 22.9 Å². The van der Waals surface area contributed by atoms with E-state index in [-0.39, 0.29) is 18.2 Å². The number of benzene rings is 1. The van der Waals surface area contributed by atoms with E-state index in [0.717, 1.165) is 11.3 Å². The molecule has 0 N–H and O–H groups in total. The van der Waals surface area contributed by atoms with Crippen molar-refractivity contribution in [3.8, 4) is 5.75 Å². The molecule has 0 aliphatic heterocycles. The number of halogens is 1. The Hall–Kier alpha value is -2.12. The van der Waals surface area contributed by atoms with Crippen molar-refractivity contribution in [3.05, 3.63) is 45.4 Å². The normalized spacial score (nSPS) is 11.6. The van der Waals surface area contributed by atoms with Crippen molar-refractivity contribution in [1.82, 2.24) is 4.98 Å². The van der Waals surface area contributed by atoms with Crippen molar-refractivity contribution < 1.29 is 23.8 Å². The summed E-state index contributed by atoms with van der Waals surface area (Å²) in [7, 11) is 0. The number of carbonyl (C=O) groups excluding carboxylic acids is 2. The molecule has 0 amide bonds. The number of hydrogen-bond acceptors (Lipinski definition) is 7. The minimum Gasteiger partial charge on any atom is -0.479 e. The summed E-state index contributed by atoms with van der Waals surface area (Å²) in [6, 6.07) is 6.74. The molecular weight excluding hydrogens is 354 g/mol. The lowest BCUT2D eigenvalue weighted by Gasteiger charge is -2.13. The summed E-state index contributed by atoms with van der Waals surface area (Å²) >= 11 is 7.00. The molecule has 0 fully saturated rings. The van der Waals surface area contributed by atoms with Crippen molar-refractivity contribution in [2.75, 3.05) is 6.61 Å². The van der Waals surface area contributed by atoms with E-state index in [1.807, 2.05) is 0 Å². The van der Waals surface area contributed by atoms with Gasteiger partial charge >= 0.3 is 11.9 Å². The minimum atomic E-state index is -0.799. The second kappa shape index (κ2) is 8.65. The second-order valence-corrected chi connectivity index (χ2v) is 5.98. The maximum atomic E-state index is 12.0. The third kappa shape index (κ3) is 5.21. The first-order valence-corrected chi connectivity index (χ1v) is 8.45. The van der Waals surface area contributed by atoms with Gasteiger partial charge in [-0.3, -0.25) is 0 Å². The smallest absolute Gasteiger partial charge is 0.367 e. The molecule has 0 radical (unpaired) electrons. The third-order valence-electron chi connectivity index (χ3n) is 2.80. The molecule has 24 heavy (non-hydrogen) atoms. The zero-order valence-corrected chi connectivity index (χ0v) is 14.7. The van der Waals surface area contributed by atoms with E-state index in [0.29, 0.717) is 16.5 Å². The number of thiazole rings is 1. The molecule has 2 rings (SSSR count). The Balaban J connectivity index is 1.85. The summed E-state index contributed by atoms with van der Waals surface area (Å²) in [4.78, 5) is 27.5. The Bertz CT molecular complexity index is 718. The Morgan fingerprint density at radius 3 is 2.83 bits per heavy atom. The molecule has 0 spiro atoms. The summed E-state index contributed by atoms with van der Waals surface area (Å²) in [6.45, 7) is 3.53. The largest absolute Gasteiger partial charge is 0.479 e. The van der Waals surface area contributed by atoms with Crippen LogP contribution in [0.5, 0.6) is 5.75 Å². The SMILES string of the molecule is CCOC(=O)c1nc(COC(=O)C(C)Oc2cccc(Cl)c2)cs1. The zero-order chi connectivity index (χ0) is 17.5. The van der Waals surface area contributed by atoms with Crippen LogP contribution in [0.25, 0.3) is 0 Å². The van der Waals surface area contributed by atoms with E-state index >= 15 is 0 Å². The van der Waals surface area contributed by atoms with Gasteiger partial charge in [0.2, 0.25) is 5.01 Å². The second-order valence-electron chi connectivity index (χ2n) is 4.69. The Morgan fingerprint density at radius 1 is 1.33 bits per heavy atom. The first-order valence-electron chi connectivity index (χ1n) is 7.20. The molecule has 1 atom stereocenters. The molecule has 1 aromatic carbocycles. The number of ether oxygens (including phenoxy) is 3. The van der Waals surface area contributed by atoms with Crippen LogP contribution in [0, 0.1) is 0 Å². The zero-order valence-electron chi connectivity index (χ0n) is 13.2. The van der Waals surface area contributed by atoms with Gasteiger partial charge in [-0.2, -0.15) is 0 Å². The topological polar surface area (TPSA) is 74.7 Å². The molecule has 0 saturated heterocycles. The molecular formula is C16H16ClNO5S. The van der Waals surface area contributed by atoms with Gasteiger partial charge in [-0.05, 0) is 32.0 Å². The quantitative estimate of drug-likeness (QED) is 0.695. The third-order valence-corrected chi connectivity index (χ3v) is 3.91. The highest BCUT2D eigenvalue weighted by Gasteiger charge is 2.18. The van der Waals surface area contributed by atoms with Crippen LogP contribution in [0.1, 0.15) is 29.3 Å². The lowest BCUT2D eigenvalue weighted by atomic mass is 10.3. The fourth-order valence-corrected chi connectivity index (χ4v) is 2.59. The molecule has 0 saturated carbocycles. The Kier molecular flexibility index (Phi) is 6.57. The van der Waals surface area contributed by atoms with Crippen molar-refractivity contribution in [3.63, 3.8) is 0 Å². The summed E-state index contributed by atoms with van der Waals surface area (Å²) in [5.41, 5.74) is 0.478. The molecule has 0 aliphatic carbocycles. The predicted molar refractivity (Wildman–Crippen MR) is 89.4 cm³/mol. The standard InChI is InChI=1S/C16H16ClNO5S/c1-3-21-16(20)14-18-12(9-24-14)8-22-15(19)10(2)23-13-6-4-5-11(17)7-13/h4-7,9-10H,3,8H2,1-2H3. The average molecular weight is 370 g/mol. The van der Waals surface area contributed by atoms with Gasteiger partial charge in [-0.25, -0.2) is 14.6 Å².